The van der Waals surface area contributed by atoms with Gasteiger partial charge in [0.1, 0.15) is 6.10 Å². The van der Waals surface area contributed by atoms with E-state index in [4.69, 9.17) is 18.9 Å². The molecule has 4 rings (SSSR count). The molecule has 1 fully saturated rings. The molecule has 226 valence electrons. The topological polar surface area (TPSA) is 86.3 Å². The predicted octanol–water partition coefficient (Wildman–Crippen LogP) is 6.19. The predicted molar refractivity (Wildman–Crippen MR) is 167 cm³/mol. The maximum absolute atomic E-state index is 12.3. The van der Waals surface area contributed by atoms with Crippen LogP contribution in [0.25, 0.3) is 6.08 Å². The van der Waals surface area contributed by atoms with E-state index in [1.54, 1.807) is 37.3 Å². The minimum absolute atomic E-state index is 0.0780. The molecule has 0 saturated carbocycles. The Kier molecular flexibility index (Phi) is 12.4. The molecular formula is C35H40N2O6. The summed E-state index contributed by atoms with van der Waals surface area (Å²) >= 11 is 0. The highest BCUT2D eigenvalue weighted by atomic mass is 16.7. The standard InChI is InChI=1S/C35H40N2O6/c1-3-41-35(39)43-31-19-18-27(26-32(31)40-2)12-10-11-17-33(38)36-22-25-37-23-20-30(21-24-37)42-34(28-13-6-4-7-14-28)29-15-8-5-9-16-29/h4-19,26,30,34H,3,20-25H2,1-2H3,(H,36,38)/b12-10-,17-11+. The van der Waals surface area contributed by atoms with Gasteiger partial charge < -0.3 is 29.2 Å². The van der Waals surface area contributed by atoms with Gasteiger partial charge in [-0.25, -0.2) is 4.79 Å². The van der Waals surface area contributed by atoms with Crippen LogP contribution in [-0.2, 0) is 14.3 Å². The zero-order chi connectivity index (χ0) is 30.3. The highest BCUT2D eigenvalue weighted by Crippen LogP contribution is 2.30. The fourth-order valence-corrected chi connectivity index (χ4v) is 4.88. The molecule has 3 aromatic rings. The Labute approximate surface area is 253 Å². The lowest BCUT2D eigenvalue weighted by Crippen LogP contribution is -2.41. The van der Waals surface area contributed by atoms with Crippen molar-refractivity contribution in [2.24, 2.45) is 0 Å². The van der Waals surface area contributed by atoms with E-state index in [-0.39, 0.29) is 30.5 Å². The van der Waals surface area contributed by atoms with Crippen LogP contribution < -0.4 is 14.8 Å². The molecule has 0 atom stereocenters. The number of nitrogens with one attached hydrogen (secondary N) is 1. The number of carbonyl (C=O) groups is 2. The first kappa shape index (κ1) is 31.5. The summed E-state index contributed by atoms with van der Waals surface area (Å²) < 4.78 is 21.9. The average molecular weight is 585 g/mol. The summed E-state index contributed by atoms with van der Waals surface area (Å²) in [6.45, 7) is 5.16. The summed E-state index contributed by atoms with van der Waals surface area (Å²) in [5.74, 6) is 0.528. The van der Waals surface area contributed by atoms with Gasteiger partial charge in [0.25, 0.3) is 0 Å². The van der Waals surface area contributed by atoms with Gasteiger partial charge >= 0.3 is 6.16 Å². The molecule has 0 aliphatic carbocycles. The van der Waals surface area contributed by atoms with Crippen LogP contribution in [0.5, 0.6) is 11.5 Å². The van der Waals surface area contributed by atoms with Gasteiger partial charge in [-0.2, -0.15) is 0 Å². The van der Waals surface area contributed by atoms with Gasteiger partial charge in [0.15, 0.2) is 11.5 Å². The zero-order valence-corrected chi connectivity index (χ0v) is 24.8. The molecule has 0 bridgehead atoms. The smallest absolute Gasteiger partial charge is 0.493 e. The van der Waals surface area contributed by atoms with Crippen LogP contribution in [0.1, 0.15) is 42.6 Å². The van der Waals surface area contributed by atoms with E-state index < -0.39 is 6.16 Å². The number of likely N-dealkylation sites (tertiary alicyclic amines) is 1. The van der Waals surface area contributed by atoms with Crippen molar-refractivity contribution in [3.05, 3.63) is 114 Å². The number of hydrogen-bond donors (Lipinski definition) is 1. The van der Waals surface area contributed by atoms with Crippen LogP contribution in [0.4, 0.5) is 4.79 Å². The Bertz CT molecular complexity index is 1310. The maximum Gasteiger partial charge on any atom is 0.513 e. The summed E-state index contributed by atoms with van der Waals surface area (Å²) in [6.07, 6.45) is 8.01. The van der Waals surface area contributed by atoms with Gasteiger partial charge in [-0.05, 0) is 48.6 Å². The minimum atomic E-state index is -0.785. The summed E-state index contributed by atoms with van der Waals surface area (Å²) in [6, 6.07) is 25.9. The normalized spacial score (nSPS) is 14.3. The molecule has 1 saturated heterocycles. The number of methoxy groups -OCH3 is 1. The van der Waals surface area contributed by atoms with Crippen LogP contribution in [0.15, 0.2) is 97.1 Å². The molecule has 0 aromatic heterocycles. The average Bonchev–Trinajstić information content (AvgIpc) is 3.04. The lowest BCUT2D eigenvalue weighted by Gasteiger charge is -2.34. The van der Waals surface area contributed by atoms with Gasteiger partial charge in [0.05, 0.1) is 19.8 Å². The molecule has 43 heavy (non-hydrogen) atoms. The SMILES string of the molecule is CCOC(=O)Oc1ccc(/C=C\C=C\C(=O)NCCN2CCC(OC(c3ccccc3)c3ccccc3)CC2)cc1OC. The zero-order valence-electron chi connectivity index (χ0n) is 24.8. The van der Waals surface area contributed by atoms with Gasteiger partial charge in [0, 0.05) is 32.3 Å². The van der Waals surface area contributed by atoms with Crippen molar-refractivity contribution in [3.8, 4) is 11.5 Å². The van der Waals surface area contributed by atoms with Gasteiger partial charge in [-0.15, -0.1) is 0 Å². The summed E-state index contributed by atoms with van der Waals surface area (Å²) in [4.78, 5) is 26.2. The van der Waals surface area contributed by atoms with Crippen molar-refractivity contribution in [2.45, 2.75) is 32.0 Å². The van der Waals surface area contributed by atoms with E-state index in [0.29, 0.717) is 12.3 Å². The van der Waals surface area contributed by atoms with E-state index in [2.05, 4.69) is 58.7 Å². The van der Waals surface area contributed by atoms with E-state index >= 15 is 0 Å². The number of amides is 1. The Balaban J connectivity index is 1.17. The third kappa shape index (κ3) is 10.1. The molecule has 0 spiro atoms. The number of ether oxygens (including phenoxy) is 4. The van der Waals surface area contributed by atoms with Crippen molar-refractivity contribution >= 4 is 18.1 Å². The number of piperidine rings is 1. The molecule has 0 radical (unpaired) electrons. The molecule has 8 nitrogen and oxygen atoms in total. The third-order valence-corrected chi connectivity index (χ3v) is 7.09. The van der Waals surface area contributed by atoms with Crippen molar-refractivity contribution in [3.63, 3.8) is 0 Å². The van der Waals surface area contributed by atoms with E-state index in [1.165, 1.54) is 24.3 Å². The number of rotatable bonds is 13. The fraction of sp³-hybridized carbons (Fsp3) is 0.314. The second-order valence-electron chi connectivity index (χ2n) is 10.1. The van der Waals surface area contributed by atoms with E-state index in [9.17, 15) is 9.59 Å². The molecule has 1 N–H and O–H groups in total. The third-order valence-electron chi connectivity index (χ3n) is 7.09. The Hall–Kier alpha value is -4.40. The van der Waals surface area contributed by atoms with Crippen LogP contribution in [0, 0.1) is 0 Å². The van der Waals surface area contributed by atoms with Gasteiger partial charge in [0.2, 0.25) is 5.91 Å². The first-order chi connectivity index (χ1) is 21.1. The number of benzene rings is 3. The first-order valence-corrected chi connectivity index (χ1v) is 14.7. The van der Waals surface area contributed by atoms with Crippen molar-refractivity contribution < 1.29 is 28.5 Å². The van der Waals surface area contributed by atoms with Crippen molar-refractivity contribution in [1.82, 2.24) is 10.2 Å². The minimum Gasteiger partial charge on any atom is -0.493 e. The van der Waals surface area contributed by atoms with Crippen LogP contribution >= 0.6 is 0 Å². The molecule has 1 aliphatic heterocycles. The lowest BCUT2D eigenvalue weighted by atomic mass is 10.00. The lowest BCUT2D eigenvalue weighted by molar-refractivity contribution is -0.116. The Morgan fingerprint density at radius 2 is 1.60 bits per heavy atom. The quantitative estimate of drug-likeness (QED) is 0.111. The fourth-order valence-electron chi connectivity index (χ4n) is 4.88. The first-order valence-electron chi connectivity index (χ1n) is 14.7. The molecule has 8 heteroatoms. The summed E-state index contributed by atoms with van der Waals surface area (Å²) in [7, 11) is 1.49. The van der Waals surface area contributed by atoms with Gasteiger partial charge in [-0.3, -0.25) is 4.79 Å². The van der Waals surface area contributed by atoms with Crippen LogP contribution in [0.3, 0.4) is 0 Å². The molecule has 3 aromatic carbocycles. The number of carbonyl (C=O) groups excluding carboxylic acids is 2. The molecule has 1 aliphatic rings. The molecule has 1 amide bonds. The van der Waals surface area contributed by atoms with Crippen LogP contribution in [-0.4, -0.2) is 63.0 Å². The molecule has 0 unspecified atom stereocenters. The Morgan fingerprint density at radius 3 is 2.23 bits per heavy atom. The summed E-state index contributed by atoms with van der Waals surface area (Å²) in [5.41, 5.74) is 3.16. The largest absolute Gasteiger partial charge is 0.513 e. The van der Waals surface area contributed by atoms with Crippen LogP contribution in [0.2, 0.25) is 0 Å². The van der Waals surface area contributed by atoms with Gasteiger partial charge in [-0.1, -0.05) is 85.0 Å². The number of nitrogens with zero attached hydrogens (tertiary/aromatic N) is 1. The number of allylic oxidation sites excluding steroid dienone is 2. The highest BCUT2D eigenvalue weighted by molar-refractivity contribution is 5.87. The highest BCUT2D eigenvalue weighted by Gasteiger charge is 2.24. The van der Waals surface area contributed by atoms with Crippen molar-refractivity contribution in [1.29, 1.82) is 0 Å². The number of hydrogen-bond acceptors (Lipinski definition) is 7. The van der Waals surface area contributed by atoms with Crippen molar-refractivity contribution in [2.75, 3.05) is 39.9 Å². The summed E-state index contributed by atoms with van der Waals surface area (Å²) in [5, 5.41) is 2.96. The van der Waals surface area contributed by atoms with E-state index in [0.717, 1.165) is 38.0 Å². The maximum atomic E-state index is 12.3. The second-order valence-corrected chi connectivity index (χ2v) is 10.1. The molecular weight excluding hydrogens is 544 g/mol. The Morgan fingerprint density at radius 1 is 0.930 bits per heavy atom. The second kappa shape index (κ2) is 16.9. The van der Waals surface area contributed by atoms with E-state index in [1.807, 2.05) is 18.2 Å². The monoisotopic (exact) mass is 584 g/mol. The molecule has 1 heterocycles.